The smallest absolute Gasteiger partial charge is 0.262 e. The van der Waals surface area contributed by atoms with Crippen molar-refractivity contribution in [3.8, 4) is 17.2 Å². The summed E-state index contributed by atoms with van der Waals surface area (Å²) in [6.45, 7) is 1.98. The van der Waals surface area contributed by atoms with Gasteiger partial charge in [-0.05, 0) is 60.5 Å². The zero-order valence-electron chi connectivity index (χ0n) is 15.8. The summed E-state index contributed by atoms with van der Waals surface area (Å²) in [5, 5.41) is 2.78. The predicted molar refractivity (Wildman–Crippen MR) is 109 cm³/mol. The third kappa shape index (κ3) is 4.43. The minimum Gasteiger partial charge on any atom is -0.484 e. The molecule has 0 spiro atoms. The zero-order chi connectivity index (χ0) is 20.2. The van der Waals surface area contributed by atoms with Crippen LogP contribution in [0.25, 0.3) is 22.6 Å². The third-order valence-corrected chi connectivity index (χ3v) is 4.44. The SMILES string of the molecule is CCc1ccc(OCC(=O)Nc2ccc3oc(-c4cccc(F)c4)nc3c2)cc1. The molecule has 0 aliphatic heterocycles. The number of amides is 1. The van der Waals surface area contributed by atoms with Crippen molar-refractivity contribution in [3.05, 3.63) is 78.1 Å². The first-order chi connectivity index (χ1) is 14.1. The number of fused-ring (bicyclic) bond motifs is 1. The summed E-state index contributed by atoms with van der Waals surface area (Å²) in [6, 6.07) is 18.8. The van der Waals surface area contributed by atoms with Crippen LogP contribution in [-0.4, -0.2) is 17.5 Å². The van der Waals surface area contributed by atoms with Crippen molar-refractivity contribution in [2.45, 2.75) is 13.3 Å². The number of halogens is 1. The molecule has 0 radical (unpaired) electrons. The second-order valence-corrected chi connectivity index (χ2v) is 6.55. The molecule has 1 aromatic heterocycles. The van der Waals surface area contributed by atoms with Gasteiger partial charge in [-0.1, -0.05) is 25.1 Å². The van der Waals surface area contributed by atoms with Gasteiger partial charge in [-0.3, -0.25) is 4.79 Å². The summed E-state index contributed by atoms with van der Waals surface area (Å²) in [4.78, 5) is 16.6. The van der Waals surface area contributed by atoms with Gasteiger partial charge >= 0.3 is 0 Å². The molecule has 0 saturated carbocycles. The lowest BCUT2D eigenvalue weighted by atomic mass is 10.2. The summed E-state index contributed by atoms with van der Waals surface area (Å²) in [7, 11) is 0. The Labute approximate surface area is 167 Å². The monoisotopic (exact) mass is 390 g/mol. The highest BCUT2D eigenvalue weighted by molar-refractivity contribution is 5.94. The van der Waals surface area contributed by atoms with E-state index < -0.39 is 0 Å². The molecule has 146 valence electrons. The number of aromatic nitrogens is 1. The van der Waals surface area contributed by atoms with E-state index in [9.17, 15) is 9.18 Å². The van der Waals surface area contributed by atoms with Crippen LogP contribution in [0.1, 0.15) is 12.5 Å². The molecule has 0 unspecified atom stereocenters. The maximum absolute atomic E-state index is 13.4. The minimum atomic E-state index is -0.359. The minimum absolute atomic E-state index is 0.100. The van der Waals surface area contributed by atoms with Crippen LogP contribution >= 0.6 is 0 Å². The van der Waals surface area contributed by atoms with Crippen molar-refractivity contribution < 1.29 is 18.3 Å². The van der Waals surface area contributed by atoms with Gasteiger partial charge in [-0.25, -0.2) is 9.37 Å². The number of nitrogens with zero attached hydrogens (tertiary/aromatic N) is 1. The Balaban J connectivity index is 1.43. The number of anilines is 1. The summed E-state index contributed by atoms with van der Waals surface area (Å²) < 4.78 is 24.6. The molecule has 6 heteroatoms. The Kier molecular flexibility index (Phi) is 5.24. The fourth-order valence-electron chi connectivity index (χ4n) is 2.92. The van der Waals surface area contributed by atoms with Crippen molar-refractivity contribution in [1.82, 2.24) is 4.98 Å². The summed E-state index contributed by atoms with van der Waals surface area (Å²) in [5.41, 5.74) is 3.45. The molecule has 5 nitrogen and oxygen atoms in total. The molecule has 1 N–H and O–H groups in total. The highest BCUT2D eigenvalue weighted by atomic mass is 19.1. The fourth-order valence-corrected chi connectivity index (χ4v) is 2.92. The van der Waals surface area contributed by atoms with E-state index in [1.807, 2.05) is 24.3 Å². The van der Waals surface area contributed by atoms with Crippen LogP contribution in [0.2, 0.25) is 0 Å². The maximum Gasteiger partial charge on any atom is 0.262 e. The van der Waals surface area contributed by atoms with Gasteiger partial charge in [0.25, 0.3) is 5.91 Å². The second-order valence-electron chi connectivity index (χ2n) is 6.55. The number of oxazole rings is 1. The second kappa shape index (κ2) is 8.14. The number of benzene rings is 3. The van der Waals surface area contributed by atoms with E-state index in [1.165, 1.54) is 17.7 Å². The average Bonchev–Trinajstić information content (AvgIpc) is 3.16. The van der Waals surface area contributed by atoms with Crippen LogP contribution in [0.3, 0.4) is 0 Å². The van der Waals surface area contributed by atoms with Crippen LogP contribution < -0.4 is 10.1 Å². The van der Waals surface area contributed by atoms with Crippen molar-refractivity contribution in [2.24, 2.45) is 0 Å². The zero-order valence-corrected chi connectivity index (χ0v) is 15.8. The number of rotatable bonds is 6. The number of carbonyl (C=O) groups is 1. The molecule has 4 rings (SSSR count). The van der Waals surface area contributed by atoms with E-state index in [4.69, 9.17) is 9.15 Å². The third-order valence-electron chi connectivity index (χ3n) is 4.44. The molecule has 0 saturated heterocycles. The van der Waals surface area contributed by atoms with Crippen LogP contribution in [0.5, 0.6) is 5.75 Å². The lowest BCUT2D eigenvalue weighted by Gasteiger charge is -2.08. The molecule has 3 aromatic carbocycles. The Morgan fingerprint density at radius 1 is 1.10 bits per heavy atom. The Morgan fingerprint density at radius 2 is 1.93 bits per heavy atom. The molecule has 1 amide bonds. The molecule has 0 bridgehead atoms. The van der Waals surface area contributed by atoms with Crippen molar-refractivity contribution >= 4 is 22.7 Å². The first-order valence-corrected chi connectivity index (χ1v) is 9.29. The number of carbonyl (C=O) groups excluding carboxylic acids is 1. The molecular formula is C23H19FN2O3. The lowest BCUT2D eigenvalue weighted by molar-refractivity contribution is -0.118. The van der Waals surface area contributed by atoms with Crippen LogP contribution in [0, 0.1) is 5.82 Å². The van der Waals surface area contributed by atoms with Crippen molar-refractivity contribution in [3.63, 3.8) is 0 Å². The summed E-state index contributed by atoms with van der Waals surface area (Å²) in [6.07, 6.45) is 0.951. The quantitative estimate of drug-likeness (QED) is 0.491. The number of aryl methyl sites for hydroxylation is 1. The molecule has 29 heavy (non-hydrogen) atoms. The van der Waals surface area contributed by atoms with Crippen molar-refractivity contribution in [1.29, 1.82) is 0 Å². The van der Waals surface area contributed by atoms with Gasteiger partial charge in [-0.15, -0.1) is 0 Å². The van der Waals surface area contributed by atoms with Gasteiger partial charge in [0.15, 0.2) is 12.2 Å². The van der Waals surface area contributed by atoms with Gasteiger partial charge in [0.1, 0.15) is 17.1 Å². The van der Waals surface area contributed by atoms with Gasteiger partial charge in [0.05, 0.1) is 0 Å². The maximum atomic E-state index is 13.4. The first-order valence-electron chi connectivity index (χ1n) is 9.29. The molecule has 1 heterocycles. The topological polar surface area (TPSA) is 64.4 Å². The number of hydrogen-bond acceptors (Lipinski definition) is 4. The number of nitrogens with one attached hydrogen (secondary N) is 1. The molecule has 0 aliphatic carbocycles. The Bertz CT molecular complexity index is 1150. The molecule has 0 fully saturated rings. The molecular weight excluding hydrogens is 371 g/mol. The highest BCUT2D eigenvalue weighted by Crippen LogP contribution is 2.26. The number of hydrogen-bond donors (Lipinski definition) is 1. The first kappa shape index (κ1) is 18.7. The van der Waals surface area contributed by atoms with E-state index in [2.05, 4.69) is 17.2 Å². The standard InChI is InChI=1S/C23H19FN2O3/c1-2-15-6-9-19(10-7-15)28-14-22(27)25-18-8-11-21-20(13-18)26-23(29-21)16-4-3-5-17(24)12-16/h3-13H,2,14H2,1H3,(H,25,27). The van der Waals surface area contributed by atoms with Gasteiger partial charge in [0.2, 0.25) is 5.89 Å². The largest absolute Gasteiger partial charge is 0.484 e. The predicted octanol–water partition coefficient (Wildman–Crippen LogP) is 5.21. The van der Waals surface area contributed by atoms with Crippen molar-refractivity contribution in [2.75, 3.05) is 11.9 Å². The van der Waals surface area contributed by atoms with E-state index in [0.29, 0.717) is 34.0 Å². The van der Waals surface area contributed by atoms with Gasteiger partial charge in [-0.2, -0.15) is 0 Å². The van der Waals surface area contributed by atoms with Gasteiger partial charge in [0, 0.05) is 11.3 Å². The van der Waals surface area contributed by atoms with Crippen LogP contribution in [0.15, 0.2) is 71.1 Å². The lowest BCUT2D eigenvalue weighted by Crippen LogP contribution is -2.20. The van der Waals surface area contributed by atoms with Crippen LogP contribution in [-0.2, 0) is 11.2 Å². The highest BCUT2D eigenvalue weighted by Gasteiger charge is 2.11. The fraction of sp³-hybridized carbons (Fsp3) is 0.130. The van der Waals surface area contributed by atoms with E-state index in [1.54, 1.807) is 30.3 Å². The molecule has 0 aliphatic rings. The van der Waals surface area contributed by atoms with Gasteiger partial charge < -0.3 is 14.5 Å². The van der Waals surface area contributed by atoms with E-state index in [-0.39, 0.29) is 18.3 Å². The average molecular weight is 390 g/mol. The molecule has 0 atom stereocenters. The van der Waals surface area contributed by atoms with Crippen LogP contribution in [0.4, 0.5) is 10.1 Å². The Morgan fingerprint density at radius 3 is 2.69 bits per heavy atom. The normalized spacial score (nSPS) is 10.8. The van der Waals surface area contributed by atoms with E-state index >= 15 is 0 Å². The molecule has 4 aromatic rings. The Hall–Kier alpha value is -3.67. The van der Waals surface area contributed by atoms with E-state index in [0.717, 1.165) is 6.42 Å². The summed E-state index contributed by atoms with van der Waals surface area (Å²) in [5.74, 6) is 0.325. The summed E-state index contributed by atoms with van der Waals surface area (Å²) >= 11 is 0. The number of ether oxygens (including phenoxy) is 1.